The summed E-state index contributed by atoms with van der Waals surface area (Å²) < 4.78 is 6.40. The van der Waals surface area contributed by atoms with Crippen molar-refractivity contribution in [3.63, 3.8) is 0 Å². The number of benzene rings is 3. The molecule has 28 heavy (non-hydrogen) atoms. The molecule has 132 valence electrons. The molecule has 0 amide bonds. The maximum atomic E-state index is 5.67. The van der Waals surface area contributed by atoms with E-state index in [2.05, 4.69) is 82.7 Å². The SMILES string of the molecule is BrC1=[C-]C2=C3Sc4cccc(c43)[C@H]2O1.[Zr+2].[c-]1cccc2c1Cc1ccccc1-2. The first-order valence-electron chi connectivity index (χ1n) is 8.89. The van der Waals surface area contributed by atoms with Crippen LogP contribution in [0.5, 0.6) is 0 Å². The van der Waals surface area contributed by atoms with Crippen LogP contribution < -0.4 is 0 Å². The smallest absolute Gasteiger partial charge is 0.497 e. The molecule has 3 aromatic rings. The van der Waals surface area contributed by atoms with Crippen LogP contribution in [-0.2, 0) is 37.4 Å². The summed E-state index contributed by atoms with van der Waals surface area (Å²) in [5.74, 6) is 0. The molecule has 0 N–H and O–H groups in total. The van der Waals surface area contributed by atoms with Gasteiger partial charge in [0.2, 0.25) is 0 Å². The molecule has 0 spiro atoms. The zero-order chi connectivity index (χ0) is 18.0. The van der Waals surface area contributed by atoms with Gasteiger partial charge in [0.15, 0.2) is 0 Å². The van der Waals surface area contributed by atoms with Crippen LogP contribution in [0.15, 0.2) is 75.8 Å². The first kappa shape index (κ1) is 18.7. The van der Waals surface area contributed by atoms with Gasteiger partial charge in [-0.3, -0.25) is 0 Å². The molecule has 4 aliphatic rings. The molecule has 0 aromatic heterocycles. The Bertz CT molecular complexity index is 1140. The molecule has 0 saturated heterocycles. The maximum absolute atomic E-state index is 5.67. The number of fused-ring (bicyclic) bond motifs is 5. The normalized spacial score (nSPS) is 18.3. The van der Waals surface area contributed by atoms with Crippen molar-refractivity contribution in [1.82, 2.24) is 0 Å². The topological polar surface area (TPSA) is 9.23 Å². The molecule has 1 nitrogen and oxygen atoms in total. The quantitative estimate of drug-likeness (QED) is 0.239. The minimum atomic E-state index is 0. The van der Waals surface area contributed by atoms with E-state index in [0.29, 0.717) is 0 Å². The van der Waals surface area contributed by atoms with E-state index in [-0.39, 0.29) is 32.3 Å². The third-order valence-corrected chi connectivity index (χ3v) is 6.93. The minimum absolute atomic E-state index is 0. The standard InChI is InChI=1S/C13H9.C11H4BrOS.Zr/c1-3-7-12-10(5-1)9-11-6-2-4-8-13(11)12;12-8-4-6-10(13-8)5-2-1-3-7-9(5)11(6)14-7;/h1-5,7-8H,9H2;1-3,10H;/q2*-1;+2/t;10-;/m.1./s1. The van der Waals surface area contributed by atoms with Crippen molar-refractivity contribution in [3.8, 4) is 11.1 Å². The predicted molar refractivity (Wildman–Crippen MR) is 112 cm³/mol. The number of thioether (sulfide) groups is 1. The largest absolute Gasteiger partial charge is 2.00 e. The van der Waals surface area contributed by atoms with Crippen molar-refractivity contribution in [2.24, 2.45) is 0 Å². The minimum Gasteiger partial charge on any atom is -0.497 e. The maximum Gasteiger partial charge on any atom is 2.00 e. The first-order valence-corrected chi connectivity index (χ1v) is 10.5. The van der Waals surface area contributed by atoms with Crippen LogP contribution in [0.4, 0.5) is 0 Å². The molecule has 0 unspecified atom stereocenters. The van der Waals surface area contributed by atoms with E-state index in [9.17, 15) is 0 Å². The molecular weight excluding hydrogens is 507 g/mol. The Morgan fingerprint density at radius 2 is 1.86 bits per heavy atom. The fraction of sp³-hybridized carbons (Fsp3) is 0.0833. The second-order valence-corrected chi connectivity index (χ2v) is 8.63. The summed E-state index contributed by atoms with van der Waals surface area (Å²) in [6.45, 7) is 0. The van der Waals surface area contributed by atoms with Gasteiger partial charge in [-0.15, -0.1) is 10.5 Å². The van der Waals surface area contributed by atoms with Crippen molar-refractivity contribution < 1.29 is 30.9 Å². The van der Waals surface area contributed by atoms with Crippen molar-refractivity contribution in [2.75, 3.05) is 0 Å². The Kier molecular flexibility index (Phi) is 4.78. The molecule has 2 heterocycles. The van der Waals surface area contributed by atoms with Crippen molar-refractivity contribution in [3.05, 3.63) is 105 Å². The van der Waals surface area contributed by atoms with Gasteiger partial charge in [-0.1, -0.05) is 59.2 Å². The molecule has 0 fully saturated rings. The van der Waals surface area contributed by atoms with Gasteiger partial charge in [0.25, 0.3) is 0 Å². The molecule has 3 aromatic carbocycles. The molecule has 0 radical (unpaired) electrons. The van der Waals surface area contributed by atoms with E-state index in [0.717, 1.165) is 11.1 Å². The Morgan fingerprint density at radius 1 is 1.00 bits per heavy atom. The van der Waals surface area contributed by atoms with Crippen LogP contribution in [0.3, 0.4) is 0 Å². The summed E-state index contributed by atoms with van der Waals surface area (Å²) in [7, 11) is 0. The molecule has 0 saturated carbocycles. The second-order valence-electron chi connectivity index (χ2n) is 6.86. The van der Waals surface area contributed by atoms with Crippen molar-refractivity contribution in [2.45, 2.75) is 17.4 Å². The Labute approximate surface area is 196 Å². The average molecular weight is 521 g/mol. The van der Waals surface area contributed by atoms with Gasteiger partial charge >= 0.3 is 26.2 Å². The van der Waals surface area contributed by atoms with Crippen LogP contribution >= 0.6 is 27.7 Å². The van der Waals surface area contributed by atoms with Crippen LogP contribution in [0, 0.1) is 12.1 Å². The molecular formula is C24H13BrOSZr. The van der Waals surface area contributed by atoms with E-state index < -0.39 is 0 Å². The fourth-order valence-corrected chi connectivity index (χ4v) is 5.69. The Hall–Kier alpha value is -1.35. The average Bonchev–Trinajstić information content (AvgIpc) is 3.30. The van der Waals surface area contributed by atoms with Gasteiger partial charge < -0.3 is 4.74 Å². The van der Waals surface area contributed by atoms with Crippen LogP contribution in [0.1, 0.15) is 28.4 Å². The monoisotopic (exact) mass is 518 g/mol. The zero-order valence-corrected chi connectivity index (χ0v) is 19.6. The van der Waals surface area contributed by atoms with Crippen LogP contribution in [0.25, 0.3) is 16.0 Å². The summed E-state index contributed by atoms with van der Waals surface area (Å²) in [5, 5.41) is 0. The molecule has 1 atom stereocenters. The van der Waals surface area contributed by atoms with Gasteiger partial charge in [-0.2, -0.15) is 53.2 Å². The number of halogens is 1. The molecule has 7 rings (SSSR count). The zero-order valence-electron chi connectivity index (χ0n) is 14.8. The van der Waals surface area contributed by atoms with Crippen molar-refractivity contribution >= 4 is 32.6 Å². The van der Waals surface area contributed by atoms with Gasteiger partial charge in [-0.05, 0) is 32.8 Å². The second kappa shape index (κ2) is 7.16. The van der Waals surface area contributed by atoms with E-state index in [4.69, 9.17) is 4.74 Å². The number of hydrogen-bond donors (Lipinski definition) is 0. The molecule has 4 heteroatoms. The third kappa shape index (κ3) is 2.76. The number of rotatable bonds is 0. The van der Waals surface area contributed by atoms with Crippen molar-refractivity contribution in [1.29, 1.82) is 0 Å². The first-order chi connectivity index (χ1) is 13.3. The summed E-state index contributed by atoms with van der Waals surface area (Å²) in [4.78, 5) is 2.73. The summed E-state index contributed by atoms with van der Waals surface area (Å²) in [6.07, 6.45) is 4.38. The predicted octanol–water partition coefficient (Wildman–Crippen LogP) is 6.68. The molecule has 0 bridgehead atoms. The Morgan fingerprint density at radius 3 is 2.79 bits per heavy atom. The summed E-state index contributed by atoms with van der Waals surface area (Å²) >= 11 is 5.17. The van der Waals surface area contributed by atoms with Crippen LogP contribution in [0.2, 0.25) is 0 Å². The number of ether oxygens (including phenoxy) is 1. The van der Waals surface area contributed by atoms with E-state index in [1.807, 2.05) is 17.8 Å². The summed E-state index contributed by atoms with van der Waals surface area (Å²) in [5.41, 5.74) is 9.41. The Balaban J connectivity index is 0.000000118. The van der Waals surface area contributed by atoms with Crippen LogP contribution in [-0.4, -0.2) is 0 Å². The van der Waals surface area contributed by atoms with E-state index >= 15 is 0 Å². The number of hydrogen-bond acceptors (Lipinski definition) is 2. The van der Waals surface area contributed by atoms with Gasteiger partial charge in [0, 0.05) is 0 Å². The molecule has 2 aliphatic carbocycles. The molecule has 2 aliphatic heterocycles. The van der Waals surface area contributed by atoms with Gasteiger partial charge in [0.1, 0.15) is 6.10 Å². The fourth-order valence-electron chi connectivity index (χ4n) is 4.15. The van der Waals surface area contributed by atoms with Gasteiger partial charge in [0.05, 0.1) is 4.67 Å². The third-order valence-electron chi connectivity index (χ3n) is 5.36. The van der Waals surface area contributed by atoms with Gasteiger partial charge in [-0.25, -0.2) is 0 Å². The summed E-state index contributed by atoms with van der Waals surface area (Å²) in [6, 6.07) is 24.5. The van der Waals surface area contributed by atoms with E-state index in [1.165, 1.54) is 48.8 Å². The van der Waals surface area contributed by atoms with E-state index in [1.54, 1.807) is 0 Å².